The fraction of sp³-hybridized carbons (Fsp3) is 0.429. The number of carbonyl (C=O) groups is 1. The summed E-state index contributed by atoms with van der Waals surface area (Å²) in [6, 6.07) is 3.72. The first-order chi connectivity index (χ1) is 9.61. The van der Waals surface area contributed by atoms with Gasteiger partial charge in [-0.2, -0.15) is 0 Å². The van der Waals surface area contributed by atoms with Gasteiger partial charge in [-0.25, -0.2) is 4.98 Å². The number of nitrogens with two attached hydrogens (primary N) is 1. The fourth-order valence-corrected chi connectivity index (χ4v) is 3.80. The summed E-state index contributed by atoms with van der Waals surface area (Å²) in [6.07, 6.45) is 1.78. The molecule has 0 bridgehead atoms. The Balaban J connectivity index is 2.09. The Morgan fingerprint density at radius 2 is 2.35 bits per heavy atom. The molecule has 0 aliphatic carbocycles. The molecule has 1 unspecified atom stereocenters. The van der Waals surface area contributed by atoms with Crippen LogP contribution in [-0.2, 0) is 4.79 Å². The monoisotopic (exact) mass is 291 g/mol. The Morgan fingerprint density at radius 1 is 1.55 bits per heavy atom. The number of primary amides is 1. The second-order valence-electron chi connectivity index (χ2n) is 5.01. The maximum atomic E-state index is 11.5. The van der Waals surface area contributed by atoms with E-state index in [4.69, 9.17) is 10.5 Å². The summed E-state index contributed by atoms with van der Waals surface area (Å²) in [4.78, 5) is 18.2. The first kappa shape index (κ1) is 13.2. The number of ether oxygens (including phenoxy) is 1. The van der Waals surface area contributed by atoms with Crippen molar-refractivity contribution in [1.29, 1.82) is 0 Å². The minimum absolute atomic E-state index is 0.234. The minimum Gasteiger partial charge on any atom is -0.494 e. The molecule has 20 heavy (non-hydrogen) atoms. The zero-order chi connectivity index (χ0) is 14.3. The van der Waals surface area contributed by atoms with Gasteiger partial charge in [-0.3, -0.25) is 4.79 Å². The second kappa shape index (κ2) is 4.94. The molecule has 1 fully saturated rings. The molecular weight excluding hydrogens is 274 g/mol. The van der Waals surface area contributed by atoms with Gasteiger partial charge in [0.15, 0.2) is 5.13 Å². The molecule has 106 valence electrons. The van der Waals surface area contributed by atoms with Gasteiger partial charge < -0.3 is 15.4 Å². The standard InChI is InChI=1S/C14H17N3O2S/c1-8-5-6-10(19-2)11-12(8)20-14(16-11)17-7-3-4-9(17)13(15)18/h5-6,9H,3-4,7H2,1-2H3,(H2,15,18). The van der Waals surface area contributed by atoms with Gasteiger partial charge in [0, 0.05) is 6.54 Å². The van der Waals surface area contributed by atoms with Crippen LogP contribution in [0.2, 0.25) is 0 Å². The van der Waals surface area contributed by atoms with E-state index in [0.717, 1.165) is 40.5 Å². The SMILES string of the molecule is COc1ccc(C)c2sc(N3CCCC3C(N)=O)nc12. The molecule has 2 N–H and O–H groups in total. The summed E-state index contributed by atoms with van der Waals surface area (Å²) in [6.45, 7) is 2.88. The third kappa shape index (κ3) is 2.00. The van der Waals surface area contributed by atoms with Crippen molar-refractivity contribution in [2.75, 3.05) is 18.6 Å². The molecule has 1 aliphatic heterocycles. The van der Waals surface area contributed by atoms with E-state index in [0.29, 0.717) is 0 Å². The Hall–Kier alpha value is -1.82. The maximum absolute atomic E-state index is 11.5. The highest BCUT2D eigenvalue weighted by Gasteiger charge is 2.31. The van der Waals surface area contributed by atoms with Gasteiger partial charge in [0.1, 0.15) is 17.3 Å². The number of rotatable bonds is 3. The number of anilines is 1. The lowest BCUT2D eigenvalue weighted by atomic mass is 10.2. The Labute approximate surface area is 121 Å². The first-order valence-corrected chi connectivity index (χ1v) is 7.43. The van der Waals surface area contributed by atoms with Crippen molar-refractivity contribution >= 4 is 32.6 Å². The molecular formula is C14H17N3O2S. The fourth-order valence-electron chi connectivity index (χ4n) is 2.68. The van der Waals surface area contributed by atoms with Gasteiger partial charge in [-0.15, -0.1) is 0 Å². The van der Waals surface area contributed by atoms with E-state index in [2.05, 4.69) is 11.9 Å². The molecule has 2 heterocycles. The largest absolute Gasteiger partial charge is 0.494 e. The quantitative estimate of drug-likeness (QED) is 0.940. The van der Waals surface area contributed by atoms with E-state index in [1.165, 1.54) is 5.56 Å². The molecule has 2 aromatic rings. The number of methoxy groups -OCH3 is 1. The number of carbonyl (C=O) groups excluding carboxylic acids is 1. The topological polar surface area (TPSA) is 68.5 Å². The minimum atomic E-state index is -0.273. The van der Waals surface area contributed by atoms with Gasteiger partial charge in [0.05, 0.1) is 11.8 Å². The summed E-state index contributed by atoms with van der Waals surface area (Å²) in [7, 11) is 1.64. The lowest BCUT2D eigenvalue weighted by Gasteiger charge is -2.20. The van der Waals surface area contributed by atoms with Gasteiger partial charge in [0.25, 0.3) is 0 Å². The molecule has 1 amide bonds. The predicted molar refractivity (Wildman–Crippen MR) is 80.5 cm³/mol. The van der Waals surface area contributed by atoms with Crippen LogP contribution in [0, 0.1) is 6.92 Å². The van der Waals surface area contributed by atoms with Crippen LogP contribution in [0.3, 0.4) is 0 Å². The highest BCUT2D eigenvalue weighted by Crippen LogP contribution is 2.38. The molecule has 0 radical (unpaired) electrons. The van der Waals surface area contributed by atoms with Crippen molar-refractivity contribution in [2.24, 2.45) is 5.73 Å². The van der Waals surface area contributed by atoms with E-state index < -0.39 is 0 Å². The zero-order valence-corrected chi connectivity index (χ0v) is 12.4. The smallest absolute Gasteiger partial charge is 0.240 e. The zero-order valence-electron chi connectivity index (χ0n) is 11.5. The number of aryl methyl sites for hydroxylation is 1. The summed E-state index contributed by atoms with van der Waals surface area (Å²) in [5.41, 5.74) is 7.51. The van der Waals surface area contributed by atoms with Crippen molar-refractivity contribution < 1.29 is 9.53 Å². The molecule has 1 atom stereocenters. The molecule has 1 aromatic heterocycles. The summed E-state index contributed by atoms with van der Waals surface area (Å²) in [5, 5.41) is 0.855. The van der Waals surface area contributed by atoms with Crippen LogP contribution >= 0.6 is 11.3 Å². The number of nitrogens with zero attached hydrogens (tertiary/aromatic N) is 2. The number of fused-ring (bicyclic) bond motifs is 1. The highest BCUT2D eigenvalue weighted by atomic mass is 32.1. The summed E-state index contributed by atoms with van der Waals surface area (Å²) >= 11 is 1.60. The van der Waals surface area contributed by atoms with Gasteiger partial charge >= 0.3 is 0 Å². The van der Waals surface area contributed by atoms with Crippen molar-refractivity contribution in [1.82, 2.24) is 4.98 Å². The Kier molecular flexibility index (Phi) is 3.25. The number of thiazole rings is 1. The number of aromatic nitrogens is 1. The maximum Gasteiger partial charge on any atom is 0.240 e. The molecule has 6 heteroatoms. The van der Waals surface area contributed by atoms with Gasteiger partial charge in [-0.05, 0) is 31.4 Å². The molecule has 0 spiro atoms. The van der Waals surface area contributed by atoms with E-state index in [1.54, 1.807) is 18.4 Å². The van der Waals surface area contributed by atoms with Gasteiger partial charge in [0.2, 0.25) is 5.91 Å². The van der Waals surface area contributed by atoms with Gasteiger partial charge in [-0.1, -0.05) is 17.4 Å². The van der Waals surface area contributed by atoms with Crippen molar-refractivity contribution in [3.8, 4) is 5.75 Å². The van der Waals surface area contributed by atoms with Crippen LogP contribution in [-0.4, -0.2) is 30.6 Å². The molecule has 1 aromatic carbocycles. The Morgan fingerprint density at radius 3 is 3.05 bits per heavy atom. The average Bonchev–Trinajstić information content (AvgIpc) is 3.05. The van der Waals surface area contributed by atoms with Crippen LogP contribution in [0.4, 0.5) is 5.13 Å². The Bertz CT molecular complexity index is 668. The number of hydrogen-bond acceptors (Lipinski definition) is 5. The van der Waals surface area contributed by atoms with E-state index in [1.807, 2.05) is 17.0 Å². The van der Waals surface area contributed by atoms with Crippen LogP contribution in [0.15, 0.2) is 12.1 Å². The molecule has 3 rings (SSSR count). The molecule has 0 saturated carbocycles. The normalized spacial score (nSPS) is 18.7. The third-order valence-corrected chi connectivity index (χ3v) is 4.97. The second-order valence-corrected chi connectivity index (χ2v) is 5.99. The van der Waals surface area contributed by atoms with Crippen molar-refractivity contribution in [3.63, 3.8) is 0 Å². The van der Waals surface area contributed by atoms with E-state index in [-0.39, 0.29) is 11.9 Å². The molecule has 1 aliphatic rings. The van der Waals surface area contributed by atoms with Crippen LogP contribution in [0.25, 0.3) is 10.2 Å². The molecule has 1 saturated heterocycles. The number of benzene rings is 1. The number of hydrogen-bond donors (Lipinski definition) is 1. The molecule has 5 nitrogen and oxygen atoms in total. The van der Waals surface area contributed by atoms with Crippen molar-refractivity contribution in [3.05, 3.63) is 17.7 Å². The lowest BCUT2D eigenvalue weighted by Crippen LogP contribution is -2.40. The van der Waals surface area contributed by atoms with Crippen LogP contribution in [0.5, 0.6) is 5.75 Å². The van der Waals surface area contributed by atoms with E-state index in [9.17, 15) is 4.79 Å². The lowest BCUT2D eigenvalue weighted by molar-refractivity contribution is -0.119. The first-order valence-electron chi connectivity index (χ1n) is 6.62. The highest BCUT2D eigenvalue weighted by molar-refractivity contribution is 7.22. The predicted octanol–water partition coefficient (Wildman–Crippen LogP) is 2.07. The van der Waals surface area contributed by atoms with Crippen LogP contribution in [0.1, 0.15) is 18.4 Å². The number of amides is 1. The third-order valence-electron chi connectivity index (χ3n) is 3.74. The summed E-state index contributed by atoms with van der Waals surface area (Å²) in [5.74, 6) is 0.494. The summed E-state index contributed by atoms with van der Waals surface area (Å²) < 4.78 is 6.47. The van der Waals surface area contributed by atoms with E-state index >= 15 is 0 Å². The van der Waals surface area contributed by atoms with Crippen molar-refractivity contribution in [2.45, 2.75) is 25.8 Å². The van der Waals surface area contributed by atoms with Crippen LogP contribution < -0.4 is 15.4 Å². The average molecular weight is 291 g/mol.